The molecule has 1 saturated carbocycles. The van der Waals surface area contributed by atoms with Crippen molar-refractivity contribution in [2.45, 2.75) is 44.6 Å². The van der Waals surface area contributed by atoms with E-state index in [1.54, 1.807) is 17.5 Å². The monoisotopic (exact) mass is 211 g/mol. The Morgan fingerprint density at radius 1 is 1.43 bits per heavy atom. The molecule has 1 aliphatic carbocycles. The van der Waals surface area contributed by atoms with E-state index < -0.39 is 0 Å². The van der Waals surface area contributed by atoms with Gasteiger partial charge in [0.15, 0.2) is 0 Å². The van der Waals surface area contributed by atoms with E-state index in [0.29, 0.717) is 0 Å². The van der Waals surface area contributed by atoms with Crippen molar-refractivity contribution >= 4 is 11.3 Å². The van der Waals surface area contributed by atoms with Crippen LogP contribution in [0.3, 0.4) is 0 Å². The first-order valence-electron chi connectivity index (χ1n) is 5.43. The third-order valence-corrected chi connectivity index (χ3v) is 3.89. The zero-order valence-electron chi connectivity index (χ0n) is 8.35. The minimum absolute atomic E-state index is 0.321. The van der Waals surface area contributed by atoms with Gasteiger partial charge in [0.25, 0.3) is 0 Å². The van der Waals surface area contributed by atoms with Gasteiger partial charge in [0.1, 0.15) is 11.1 Å². The molecule has 1 N–H and O–H groups in total. The van der Waals surface area contributed by atoms with Crippen molar-refractivity contribution in [1.82, 2.24) is 4.98 Å². The quantitative estimate of drug-likeness (QED) is 0.833. The summed E-state index contributed by atoms with van der Waals surface area (Å²) in [5.74, 6) is 0.725. The standard InChI is InChI=1S/C11H17NOS/c13-10(11-12-6-7-14-11)8-9-4-2-1-3-5-9/h6-7,9-10,13H,1-5,8H2. The molecule has 0 aliphatic heterocycles. The summed E-state index contributed by atoms with van der Waals surface area (Å²) in [5, 5.41) is 12.7. The number of aliphatic hydroxyl groups excluding tert-OH is 1. The minimum Gasteiger partial charge on any atom is -0.386 e. The lowest BCUT2D eigenvalue weighted by Gasteiger charge is -2.23. The summed E-state index contributed by atoms with van der Waals surface area (Å²) in [5.41, 5.74) is 0. The first kappa shape index (κ1) is 10.1. The fraction of sp³-hybridized carbons (Fsp3) is 0.727. The van der Waals surface area contributed by atoms with Gasteiger partial charge in [-0.15, -0.1) is 11.3 Å². The fourth-order valence-electron chi connectivity index (χ4n) is 2.24. The van der Waals surface area contributed by atoms with Crippen molar-refractivity contribution in [1.29, 1.82) is 0 Å². The van der Waals surface area contributed by atoms with E-state index in [-0.39, 0.29) is 6.10 Å². The Kier molecular flexibility index (Phi) is 3.54. The highest BCUT2D eigenvalue weighted by Gasteiger charge is 2.19. The van der Waals surface area contributed by atoms with Crippen LogP contribution in [-0.4, -0.2) is 10.1 Å². The molecule has 0 bridgehead atoms. The van der Waals surface area contributed by atoms with Crippen LogP contribution in [-0.2, 0) is 0 Å². The maximum atomic E-state index is 9.91. The topological polar surface area (TPSA) is 33.1 Å². The van der Waals surface area contributed by atoms with Gasteiger partial charge in [-0.05, 0) is 12.3 Å². The lowest BCUT2D eigenvalue weighted by Crippen LogP contribution is -2.10. The van der Waals surface area contributed by atoms with Crippen molar-refractivity contribution in [3.8, 4) is 0 Å². The van der Waals surface area contributed by atoms with E-state index in [1.165, 1.54) is 32.1 Å². The van der Waals surface area contributed by atoms with Crippen molar-refractivity contribution < 1.29 is 5.11 Å². The molecule has 1 fully saturated rings. The second kappa shape index (κ2) is 4.89. The summed E-state index contributed by atoms with van der Waals surface area (Å²) in [6, 6.07) is 0. The maximum Gasteiger partial charge on any atom is 0.121 e. The molecule has 1 heterocycles. The summed E-state index contributed by atoms with van der Waals surface area (Å²) >= 11 is 1.56. The van der Waals surface area contributed by atoms with Crippen molar-refractivity contribution in [2.24, 2.45) is 5.92 Å². The number of hydrogen-bond acceptors (Lipinski definition) is 3. The molecule has 1 unspecified atom stereocenters. The average molecular weight is 211 g/mol. The summed E-state index contributed by atoms with van der Waals surface area (Å²) in [4.78, 5) is 4.15. The zero-order valence-corrected chi connectivity index (χ0v) is 9.17. The summed E-state index contributed by atoms with van der Waals surface area (Å²) in [7, 11) is 0. The smallest absolute Gasteiger partial charge is 0.121 e. The molecule has 1 atom stereocenters. The number of rotatable bonds is 3. The molecule has 0 spiro atoms. The highest BCUT2D eigenvalue weighted by Crippen LogP contribution is 2.32. The largest absolute Gasteiger partial charge is 0.386 e. The molecule has 2 nitrogen and oxygen atoms in total. The average Bonchev–Trinajstić information content (AvgIpc) is 2.72. The van der Waals surface area contributed by atoms with Crippen LogP contribution in [0.4, 0.5) is 0 Å². The van der Waals surface area contributed by atoms with Gasteiger partial charge in [0.2, 0.25) is 0 Å². The van der Waals surface area contributed by atoms with Crippen LogP contribution in [0.15, 0.2) is 11.6 Å². The predicted octanol–water partition coefficient (Wildman–Crippen LogP) is 3.15. The Balaban J connectivity index is 1.84. The van der Waals surface area contributed by atoms with Crippen LogP contribution in [0.1, 0.15) is 49.6 Å². The molecule has 0 aromatic carbocycles. The molecule has 78 valence electrons. The fourth-order valence-corrected chi connectivity index (χ4v) is 2.87. The highest BCUT2D eigenvalue weighted by atomic mass is 32.1. The zero-order chi connectivity index (χ0) is 9.80. The normalized spacial score (nSPS) is 20.9. The Labute approximate surface area is 89.0 Å². The lowest BCUT2D eigenvalue weighted by molar-refractivity contribution is 0.131. The molecule has 2 rings (SSSR count). The molecular formula is C11H17NOS. The molecule has 1 aromatic heterocycles. The van der Waals surface area contributed by atoms with Gasteiger partial charge in [-0.2, -0.15) is 0 Å². The molecule has 14 heavy (non-hydrogen) atoms. The van der Waals surface area contributed by atoms with Crippen molar-refractivity contribution in [3.63, 3.8) is 0 Å². The van der Waals surface area contributed by atoms with Gasteiger partial charge in [0, 0.05) is 11.6 Å². The molecule has 1 aliphatic rings. The Bertz CT molecular complexity index is 254. The highest BCUT2D eigenvalue weighted by molar-refractivity contribution is 7.09. The molecule has 1 aromatic rings. The van der Waals surface area contributed by atoms with Crippen LogP contribution in [0.5, 0.6) is 0 Å². The van der Waals surface area contributed by atoms with Crippen LogP contribution >= 0.6 is 11.3 Å². The number of aliphatic hydroxyl groups is 1. The minimum atomic E-state index is -0.321. The number of thiazole rings is 1. The SMILES string of the molecule is OC(CC1CCCCC1)c1nccs1. The Hall–Kier alpha value is -0.410. The summed E-state index contributed by atoms with van der Waals surface area (Å²) in [6.45, 7) is 0. The van der Waals surface area contributed by atoms with Crippen molar-refractivity contribution in [3.05, 3.63) is 16.6 Å². The van der Waals surface area contributed by atoms with E-state index in [4.69, 9.17) is 0 Å². The second-order valence-electron chi connectivity index (χ2n) is 4.13. The summed E-state index contributed by atoms with van der Waals surface area (Å²) < 4.78 is 0. The molecule has 0 amide bonds. The number of aromatic nitrogens is 1. The number of hydrogen-bond donors (Lipinski definition) is 1. The van der Waals surface area contributed by atoms with Gasteiger partial charge < -0.3 is 5.11 Å². The van der Waals surface area contributed by atoms with E-state index in [9.17, 15) is 5.11 Å². The third kappa shape index (κ3) is 2.55. The lowest BCUT2D eigenvalue weighted by atomic mass is 9.85. The van der Waals surface area contributed by atoms with Crippen LogP contribution in [0.25, 0.3) is 0 Å². The maximum absolute atomic E-state index is 9.91. The summed E-state index contributed by atoms with van der Waals surface area (Å²) in [6.07, 6.45) is 9.01. The van der Waals surface area contributed by atoms with E-state index in [0.717, 1.165) is 17.3 Å². The molecule has 3 heteroatoms. The first-order chi connectivity index (χ1) is 6.86. The van der Waals surface area contributed by atoms with Gasteiger partial charge in [-0.1, -0.05) is 32.1 Å². The number of nitrogens with zero attached hydrogens (tertiary/aromatic N) is 1. The van der Waals surface area contributed by atoms with Crippen LogP contribution in [0.2, 0.25) is 0 Å². The first-order valence-corrected chi connectivity index (χ1v) is 6.31. The molecule has 0 radical (unpaired) electrons. The Morgan fingerprint density at radius 2 is 2.21 bits per heavy atom. The van der Waals surface area contributed by atoms with Gasteiger partial charge in [-0.25, -0.2) is 4.98 Å². The van der Waals surface area contributed by atoms with E-state index in [2.05, 4.69) is 4.98 Å². The van der Waals surface area contributed by atoms with Crippen molar-refractivity contribution in [2.75, 3.05) is 0 Å². The molecular weight excluding hydrogens is 194 g/mol. The Morgan fingerprint density at radius 3 is 2.86 bits per heavy atom. The van der Waals surface area contributed by atoms with E-state index in [1.807, 2.05) is 5.38 Å². The second-order valence-corrected chi connectivity index (χ2v) is 5.05. The van der Waals surface area contributed by atoms with E-state index >= 15 is 0 Å². The van der Waals surface area contributed by atoms with Gasteiger partial charge in [-0.3, -0.25) is 0 Å². The molecule has 0 saturated heterocycles. The predicted molar refractivity (Wildman–Crippen MR) is 58.3 cm³/mol. The van der Waals surface area contributed by atoms with Gasteiger partial charge >= 0.3 is 0 Å². The van der Waals surface area contributed by atoms with Crippen LogP contribution in [0, 0.1) is 5.92 Å². The van der Waals surface area contributed by atoms with Gasteiger partial charge in [0.05, 0.1) is 0 Å². The van der Waals surface area contributed by atoms with Crippen LogP contribution < -0.4 is 0 Å². The third-order valence-electron chi connectivity index (χ3n) is 3.02.